The Balaban J connectivity index is 0.713. The zero-order valence-electron chi connectivity index (χ0n) is 36.2. The number of anilines is 3. The molecule has 4 heterocycles. The summed E-state index contributed by atoms with van der Waals surface area (Å²) in [7, 11) is 0. The number of fused-ring (bicyclic) bond motifs is 3. The molecule has 0 radical (unpaired) electrons. The lowest BCUT2D eigenvalue weighted by Crippen LogP contribution is -2.55. The van der Waals surface area contributed by atoms with Crippen LogP contribution in [-0.4, -0.2) is 105 Å². The van der Waals surface area contributed by atoms with E-state index in [9.17, 15) is 24.0 Å². The zero-order valence-corrected chi connectivity index (χ0v) is 36.2. The molecular formula is C49H55N7O8. The van der Waals surface area contributed by atoms with Gasteiger partial charge in [0.2, 0.25) is 23.6 Å². The molecule has 4 atom stereocenters. The molecule has 4 aromatic rings. The Kier molecular flexibility index (Phi) is 13.2. The number of rotatable bonds is 18. The maximum absolute atomic E-state index is 14.1. The van der Waals surface area contributed by atoms with Gasteiger partial charge in [0, 0.05) is 77.0 Å². The highest BCUT2D eigenvalue weighted by Crippen LogP contribution is 2.58. The van der Waals surface area contributed by atoms with Crippen molar-refractivity contribution < 1.29 is 38.2 Å². The van der Waals surface area contributed by atoms with Gasteiger partial charge in [-0.25, -0.2) is 0 Å². The van der Waals surface area contributed by atoms with E-state index in [1.807, 2.05) is 91.5 Å². The van der Waals surface area contributed by atoms with E-state index in [-0.39, 0.29) is 29.5 Å². The Morgan fingerprint density at radius 1 is 0.797 bits per heavy atom. The van der Waals surface area contributed by atoms with Gasteiger partial charge in [-0.3, -0.25) is 34.6 Å². The highest BCUT2D eigenvalue weighted by Gasteiger charge is 2.69. The van der Waals surface area contributed by atoms with E-state index in [0.29, 0.717) is 83.4 Å². The van der Waals surface area contributed by atoms with E-state index in [0.717, 1.165) is 39.3 Å². The Hall–Kier alpha value is -6.39. The predicted molar refractivity (Wildman–Crippen MR) is 242 cm³/mol. The van der Waals surface area contributed by atoms with Gasteiger partial charge < -0.3 is 40.4 Å². The lowest BCUT2D eigenvalue weighted by molar-refractivity contribution is -0.136. The molecule has 0 bridgehead atoms. The van der Waals surface area contributed by atoms with Crippen molar-refractivity contribution in [2.75, 3.05) is 68.7 Å². The van der Waals surface area contributed by atoms with Gasteiger partial charge in [-0.05, 0) is 67.8 Å². The van der Waals surface area contributed by atoms with Crippen LogP contribution in [0.15, 0.2) is 104 Å². The summed E-state index contributed by atoms with van der Waals surface area (Å²) in [5, 5.41) is 18.4. The molecule has 6 N–H and O–H groups in total. The molecule has 15 heteroatoms. The van der Waals surface area contributed by atoms with Crippen LogP contribution in [-0.2, 0) is 45.3 Å². The smallest absolute Gasteiger partial charge is 0.251 e. The minimum absolute atomic E-state index is 0.142. The second-order valence-corrected chi connectivity index (χ2v) is 16.9. The molecule has 4 aliphatic rings. The number of carbonyl (C=O) groups is 5. The molecule has 64 heavy (non-hydrogen) atoms. The first-order valence-electron chi connectivity index (χ1n) is 21.8. The highest BCUT2D eigenvalue weighted by molar-refractivity contribution is 6.10. The van der Waals surface area contributed by atoms with Crippen molar-refractivity contribution in [2.45, 2.75) is 62.2 Å². The number of carbonyl (C=O) groups excluding carboxylic acids is 5. The average Bonchev–Trinajstić information content (AvgIpc) is 3.88. The number of amides is 5. The summed E-state index contributed by atoms with van der Waals surface area (Å²) in [5.41, 5.74) is 5.44. The summed E-state index contributed by atoms with van der Waals surface area (Å²) in [6.07, 6.45) is 0.790. The standard InChI is InChI=1S/C49H55N7O8/c1-31-35-12-9-15-38(36(35)30-56(31)40-20-21-41(57)54-45(40)59)50-22-24-62-26-28-64-29-27-63-25-23-51-44(58)33-16-18-34(19-17-33)52-46(60)43-42(32-10-5-4-6-11-32)49(48(2,3)55-43)37-13-7-8-14-39(37)53-47(49)61/h4-19,40,42-43,50,55H,1,20-30H2,2-3H3,(H,51,58)(H,52,60)(H,53,61)(H,54,57,59)/t40?,42-,43+,49+/m0/s1. The monoisotopic (exact) mass is 869 g/mol. The summed E-state index contributed by atoms with van der Waals surface area (Å²) >= 11 is 0. The molecule has 0 saturated carbocycles. The van der Waals surface area contributed by atoms with Crippen LogP contribution in [0.3, 0.4) is 0 Å². The van der Waals surface area contributed by atoms with Crippen molar-refractivity contribution in [3.8, 4) is 0 Å². The molecule has 2 fully saturated rings. The fourth-order valence-corrected chi connectivity index (χ4v) is 9.71. The van der Waals surface area contributed by atoms with Crippen molar-refractivity contribution in [1.29, 1.82) is 0 Å². The lowest BCUT2D eigenvalue weighted by Gasteiger charge is -2.40. The van der Waals surface area contributed by atoms with Crippen molar-refractivity contribution >= 4 is 52.3 Å². The largest absolute Gasteiger partial charge is 0.382 e. The molecule has 5 amide bonds. The zero-order chi connectivity index (χ0) is 44.8. The Labute approximate surface area is 372 Å². The quantitative estimate of drug-likeness (QED) is 0.0610. The molecule has 8 rings (SSSR count). The SMILES string of the molecule is C=C1c2cccc(NCCOCCOCCOCCNC(=O)c3ccc(NC(=O)[C@@H]4NC(C)(C)[C@@]5(C(=O)Nc6ccccc65)[C@H]4c4ccccc4)cc3)c2CN1C1CCC(=O)NC1=O. The van der Waals surface area contributed by atoms with Crippen molar-refractivity contribution in [1.82, 2.24) is 20.9 Å². The molecule has 0 aliphatic carbocycles. The van der Waals surface area contributed by atoms with E-state index in [4.69, 9.17) is 14.2 Å². The first-order chi connectivity index (χ1) is 31.0. The fraction of sp³-hybridized carbons (Fsp3) is 0.367. The third-order valence-corrected chi connectivity index (χ3v) is 12.7. The van der Waals surface area contributed by atoms with Crippen LogP contribution in [0, 0.1) is 0 Å². The number of para-hydroxylation sites is 1. The topological polar surface area (TPSA) is 188 Å². The Bertz CT molecular complexity index is 2410. The van der Waals surface area contributed by atoms with Crippen LogP contribution in [0.1, 0.15) is 65.2 Å². The minimum atomic E-state index is -1.04. The molecule has 1 unspecified atom stereocenters. The number of ether oxygens (including phenoxy) is 3. The number of piperidine rings is 1. The summed E-state index contributed by atoms with van der Waals surface area (Å²) in [6.45, 7) is 12.0. The van der Waals surface area contributed by atoms with Crippen LogP contribution in [0.5, 0.6) is 0 Å². The summed E-state index contributed by atoms with van der Waals surface area (Å²) in [6, 6.07) is 28.9. The van der Waals surface area contributed by atoms with E-state index in [1.54, 1.807) is 24.3 Å². The van der Waals surface area contributed by atoms with Crippen molar-refractivity contribution in [3.05, 3.63) is 131 Å². The van der Waals surface area contributed by atoms with Gasteiger partial charge in [0.1, 0.15) is 11.5 Å². The third kappa shape index (κ3) is 8.76. The summed E-state index contributed by atoms with van der Waals surface area (Å²) in [4.78, 5) is 67.1. The molecular weight excluding hydrogens is 815 g/mol. The highest BCUT2D eigenvalue weighted by atomic mass is 16.5. The number of imide groups is 1. The van der Waals surface area contributed by atoms with Crippen LogP contribution in [0.25, 0.3) is 5.70 Å². The van der Waals surface area contributed by atoms with Gasteiger partial charge in [0.05, 0.1) is 45.7 Å². The van der Waals surface area contributed by atoms with Crippen LogP contribution in [0.4, 0.5) is 17.1 Å². The average molecular weight is 870 g/mol. The predicted octanol–water partition coefficient (Wildman–Crippen LogP) is 4.53. The lowest BCUT2D eigenvalue weighted by atomic mass is 9.60. The van der Waals surface area contributed by atoms with Crippen LogP contribution >= 0.6 is 0 Å². The molecule has 2 saturated heterocycles. The summed E-state index contributed by atoms with van der Waals surface area (Å²) < 4.78 is 17.0. The van der Waals surface area contributed by atoms with Gasteiger partial charge >= 0.3 is 0 Å². The molecule has 1 spiro atoms. The van der Waals surface area contributed by atoms with E-state index in [1.165, 1.54) is 0 Å². The molecule has 334 valence electrons. The van der Waals surface area contributed by atoms with Gasteiger partial charge in [-0.1, -0.05) is 67.2 Å². The minimum Gasteiger partial charge on any atom is -0.382 e. The number of nitrogens with zero attached hydrogens (tertiary/aromatic N) is 1. The molecule has 0 aromatic heterocycles. The second-order valence-electron chi connectivity index (χ2n) is 16.9. The number of nitrogens with one attached hydrogen (secondary N) is 6. The molecule has 15 nitrogen and oxygen atoms in total. The Morgan fingerprint density at radius 3 is 2.22 bits per heavy atom. The molecule has 4 aliphatic heterocycles. The van der Waals surface area contributed by atoms with E-state index >= 15 is 0 Å². The normalized spacial score (nSPS) is 21.9. The Morgan fingerprint density at radius 2 is 1.48 bits per heavy atom. The number of benzene rings is 4. The van der Waals surface area contributed by atoms with E-state index in [2.05, 4.69) is 38.5 Å². The van der Waals surface area contributed by atoms with E-state index < -0.39 is 29.0 Å². The van der Waals surface area contributed by atoms with Crippen LogP contribution < -0.4 is 31.9 Å². The first kappa shape index (κ1) is 44.2. The number of hydrogen-bond acceptors (Lipinski definition) is 11. The van der Waals surface area contributed by atoms with Gasteiger partial charge in [-0.15, -0.1) is 0 Å². The second kappa shape index (κ2) is 19.2. The van der Waals surface area contributed by atoms with Crippen LogP contribution in [0.2, 0.25) is 0 Å². The third-order valence-electron chi connectivity index (χ3n) is 12.7. The first-order valence-corrected chi connectivity index (χ1v) is 21.8. The molecule has 4 aromatic carbocycles. The summed E-state index contributed by atoms with van der Waals surface area (Å²) in [5.74, 6) is -1.71. The van der Waals surface area contributed by atoms with Crippen molar-refractivity contribution in [3.63, 3.8) is 0 Å². The van der Waals surface area contributed by atoms with Gasteiger partial charge in [-0.2, -0.15) is 0 Å². The van der Waals surface area contributed by atoms with Gasteiger partial charge in [0.25, 0.3) is 5.91 Å². The fourth-order valence-electron chi connectivity index (χ4n) is 9.71. The number of hydrogen-bond donors (Lipinski definition) is 6. The maximum atomic E-state index is 14.1. The maximum Gasteiger partial charge on any atom is 0.251 e. The van der Waals surface area contributed by atoms with Gasteiger partial charge in [0.15, 0.2) is 0 Å². The van der Waals surface area contributed by atoms with Crippen molar-refractivity contribution in [2.24, 2.45) is 0 Å².